The average molecular weight is 377 g/mol. The molecule has 142 valence electrons. The van der Waals surface area contributed by atoms with E-state index in [1.54, 1.807) is 11.8 Å². The fourth-order valence-corrected chi connectivity index (χ4v) is 3.86. The number of aromatic nitrogens is 2. The molecule has 7 heteroatoms. The van der Waals surface area contributed by atoms with Gasteiger partial charge < -0.3 is 15.0 Å². The Hall–Kier alpha value is -1.57. The molecule has 1 saturated heterocycles. The second-order valence-electron chi connectivity index (χ2n) is 7.28. The normalized spacial score (nSPS) is 17.3. The van der Waals surface area contributed by atoms with Crippen LogP contribution in [0.5, 0.6) is 0 Å². The number of hydrogen-bond acceptors (Lipinski definition) is 5. The minimum atomic E-state index is -0.0611. The molecule has 1 unspecified atom stereocenters. The molecule has 1 aromatic heterocycles. The lowest BCUT2D eigenvalue weighted by Crippen LogP contribution is -2.55. The number of amides is 1. The highest BCUT2D eigenvalue weighted by atomic mass is 32.2. The van der Waals surface area contributed by atoms with Crippen LogP contribution < -0.4 is 5.32 Å². The standard InChI is InChI=1S/C19H28N4O2S/c1-14(18-21-15-6-4-5-7-16(15)22-18)26-12-17(24)20-13-19(2,3)23-8-10-25-11-9-23/h4-7,14H,8-13H2,1-3H3,(H,20,24)(H,21,22). The van der Waals surface area contributed by atoms with E-state index < -0.39 is 0 Å². The average Bonchev–Trinajstić information content (AvgIpc) is 3.09. The molecule has 1 aromatic carbocycles. The van der Waals surface area contributed by atoms with Crippen LogP contribution in [0.3, 0.4) is 0 Å². The lowest BCUT2D eigenvalue weighted by atomic mass is 10.0. The molecular weight excluding hydrogens is 348 g/mol. The van der Waals surface area contributed by atoms with E-state index in [-0.39, 0.29) is 16.7 Å². The summed E-state index contributed by atoms with van der Waals surface area (Å²) in [5, 5.41) is 3.22. The fourth-order valence-electron chi connectivity index (χ4n) is 3.09. The molecule has 1 aliphatic rings. The Kier molecular flexibility index (Phi) is 6.21. The Labute approximate surface area is 159 Å². The zero-order valence-corrected chi connectivity index (χ0v) is 16.6. The van der Waals surface area contributed by atoms with Gasteiger partial charge in [-0.25, -0.2) is 4.98 Å². The first-order valence-corrected chi connectivity index (χ1v) is 10.2. The lowest BCUT2D eigenvalue weighted by Gasteiger charge is -2.40. The Balaban J connectivity index is 1.45. The van der Waals surface area contributed by atoms with Gasteiger partial charge >= 0.3 is 0 Å². The molecule has 1 amide bonds. The van der Waals surface area contributed by atoms with Crippen molar-refractivity contribution >= 4 is 28.7 Å². The van der Waals surface area contributed by atoms with Crippen molar-refractivity contribution in [3.8, 4) is 0 Å². The van der Waals surface area contributed by atoms with Crippen LogP contribution in [0.1, 0.15) is 31.8 Å². The van der Waals surface area contributed by atoms with Gasteiger partial charge in [0, 0.05) is 25.2 Å². The number of para-hydroxylation sites is 2. The van der Waals surface area contributed by atoms with Crippen LogP contribution in [-0.4, -0.2) is 64.9 Å². The summed E-state index contributed by atoms with van der Waals surface area (Å²) in [6.45, 7) is 10.4. The quantitative estimate of drug-likeness (QED) is 0.777. The maximum Gasteiger partial charge on any atom is 0.230 e. The molecule has 0 bridgehead atoms. The van der Waals surface area contributed by atoms with E-state index in [0.717, 1.165) is 43.2 Å². The molecule has 6 nitrogen and oxygen atoms in total. The third-order valence-corrected chi connectivity index (χ3v) is 5.99. The first kappa shape index (κ1) is 19.2. The zero-order chi connectivity index (χ0) is 18.6. The Morgan fingerprint density at radius 3 is 2.85 bits per heavy atom. The van der Waals surface area contributed by atoms with Crippen LogP contribution in [0.25, 0.3) is 11.0 Å². The van der Waals surface area contributed by atoms with Gasteiger partial charge in [-0.05, 0) is 32.9 Å². The summed E-state index contributed by atoms with van der Waals surface area (Å²) < 4.78 is 5.41. The smallest absolute Gasteiger partial charge is 0.230 e. The van der Waals surface area contributed by atoms with Gasteiger partial charge in [-0.3, -0.25) is 9.69 Å². The summed E-state index contributed by atoms with van der Waals surface area (Å²) in [6.07, 6.45) is 0. The van der Waals surface area contributed by atoms with E-state index >= 15 is 0 Å². The highest BCUT2D eigenvalue weighted by Gasteiger charge is 2.28. The molecule has 2 heterocycles. The number of nitrogens with zero attached hydrogens (tertiary/aromatic N) is 2. The summed E-state index contributed by atoms with van der Waals surface area (Å²) in [6, 6.07) is 7.98. The molecule has 0 spiro atoms. The number of carbonyl (C=O) groups is 1. The summed E-state index contributed by atoms with van der Waals surface area (Å²) in [5.74, 6) is 1.41. The largest absolute Gasteiger partial charge is 0.379 e. The number of morpholine rings is 1. The molecule has 3 rings (SSSR count). The second-order valence-corrected chi connectivity index (χ2v) is 8.61. The van der Waals surface area contributed by atoms with E-state index in [9.17, 15) is 4.79 Å². The monoisotopic (exact) mass is 376 g/mol. The summed E-state index contributed by atoms with van der Waals surface area (Å²) >= 11 is 1.60. The number of nitrogens with one attached hydrogen (secondary N) is 2. The van der Waals surface area contributed by atoms with Crippen molar-refractivity contribution in [3.63, 3.8) is 0 Å². The number of carbonyl (C=O) groups excluding carboxylic acids is 1. The first-order chi connectivity index (χ1) is 12.5. The number of hydrogen-bond donors (Lipinski definition) is 2. The lowest BCUT2D eigenvalue weighted by molar-refractivity contribution is -0.119. The van der Waals surface area contributed by atoms with Crippen molar-refractivity contribution < 1.29 is 9.53 Å². The number of thioether (sulfide) groups is 1. The van der Waals surface area contributed by atoms with Crippen molar-refractivity contribution in [2.45, 2.75) is 31.6 Å². The van der Waals surface area contributed by atoms with Crippen molar-refractivity contribution in [1.82, 2.24) is 20.2 Å². The molecule has 1 atom stereocenters. The number of rotatable bonds is 7. The van der Waals surface area contributed by atoms with Crippen LogP contribution >= 0.6 is 11.8 Å². The Bertz CT molecular complexity index is 707. The number of ether oxygens (including phenoxy) is 1. The van der Waals surface area contributed by atoms with Gasteiger partial charge in [-0.1, -0.05) is 12.1 Å². The molecular formula is C19H28N4O2S. The maximum atomic E-state index is 12.3. The van der Waals surface area contributed by atoms with E-state index in [1.807, 2.05) is 24.3 Å². The van der Waals surface area contributed by atoms with Crippen molar-refractivity contribution in [3.05, 3.63) is 30.1 Å². The van der Waals surface area contributed by atoms with E-state index in [4.69, 9.17) is 4.74 Å². The predicted octanol–water partition coefficient (Wildman–Crippen LogP) is 2.58. The van der Waals surface area contributed by atoms with Gasteiger partial charge in [-0.2, -0.15) is 0 Å². The van der Waals surface area contributed by atoms with Crippen LogP contribution in [0, 0.1) is 0 Å². The fraction of sp³-hybridized carbons (Fsp3) is 0.579. The van der Waals surface area contributed by atoms with Gasteiger partial charge in [0.1, 0.15) is 5.82 Å². The number of imidazole rings is 1. The molecule has 0 aliphatic carbocycles. The molecule has 0 radical (unpaired) electrons. The van der Waals surface area contributed by atoms with Crippen molar-refractivity contribution in [2.24, 2.45) is 0 Å². The van der Waals surface area contributed by atoms with Gasteiger partial charge in [-0.15, -0.1) is 11.8 Å². The van der Waals surface area contributed by atoms with Gasteiger partial charge in [0.2, 0.25) is 5.91 Å². The van der Waals surface area contributed by atoms with Gasteiger partial charge in [0.05, 0.1) is 35.2 Å². The third-order valence-electron chi connectivity index (χ3n) is 4.84. The first-order valence-electron chi connectivity index (χ1n) is 9.11. The summed E-state index contributed by atoms with van der Waals surface area (Å²) in [5.41, 5.74) is 1.94. The topological polar surface area (TPSA) is 70.2 Å². The van der Waals surface area contributed by atoms with E-state index in [0.29, 0.717) is 12.3 Å². The summed E-state index contributed by atoms with van der Waals surface area (Å²) in [4.78, 5) is 22.6. The predicted molar refractivity (Wildman–Crippen MR) is 106 cm³/mol. The van der Waals surface area contributed by atoms with Crippen LogP contribution in [0.4, 0.5) is 0 Å². The number of H-pyrrole nitrogens is 1. The van der Waals surface area contributed by atoms with Crippen LogP contribution in [-0.2, 0) is 9.53 Å². The molecule has 2 aromatic rings. The van der Waals surface area contributed by atoms with Crippen molar-refractivity contribution in [1.29, 1.82) is 0 Å². The number of fused-ring (bicyclic) bond motifs is 1. The maximum absolute atomic E-state index is 12.3. The minimum absolute atomic E-state index is 0.0611. The van der Waals surface area contributed by atoms with Crippen LogP contribution in [0.2, 0.25) is 0 Å². The van der Waals surface area contributed by atoms with Gasteiger partial charge in [0.15, 0.2) is 0 Å². The number of aromatic amines is 1. The molecule has 2 N–H and O–H groups in total. The zero-order valence-electron chi connectivity index (χ0n) is 15.7. The SMILES string of the molecule is CC(SCC(=O)NCC(C)(C)N1CCOCC1)c1nc2ccccc2[nH]1. The minimum Gasteiger partial charge on any atom is -0.379 e. The molecule has 0 saturated carbocycles. The van der Waals surface area contributed by atoms with E-state index in [1.165, 1.54) is 0 Å². The molecule has 1 aliphatic heterocycles. The highest BCUT2D eigenvalue weighted by Crippen LogP contribution is 2.27. The summed E-state index contributed by atoms with van der Waals surface area (Å²) in [7, 11) is 0. The van der Waals surface area contributed by atoms with Crippen molar-refractivity contribution in [2.75, 3.05) is 38.6 Å². The molecule has 1 fully saturated rings. The van der Waals surface area contributed by atoms with Gasteiger partial charge in [0.25, 0.3) is 0 Å². The second kappa shape index (κ2) is 8.41. The van der Waals surface area contributed by atoms with Crippen LogP contribution in [0.15, 0.2) is 24.3 Å². The molecule has 26 heavy (non-hydrogen) atoms. The third kappa shape index (κ3) is 4.78. The number of benzene rings is 1. The van der Waals surface area contributed by atoms with E-state index in [2.05, 4.69) is 41.0 Å². The highest BCUT2D eigenvalue weighted by molar-refractivity contribution is 8.00. The Morgan fingerprint density at radius 2 is 2.12 bits per heavy atom. The Morgan fingerprint density at radius 1 is 1.38 bits per heavy atom.